The second-order valence-electron chi connectivity index (χ2n) is 5.06. The van der Waals surface area contributed by atoms with Crippen molar-refractivity contribution in [3.05, 3.63) is 0 Å². The Bertz CT molecular complexity index is 205. The summed E-state index contributed by atoms with van der Waals surface area (Å²) in [7, 11) is 0. The summed E-state index contributed by atoms with van der Waals surface area (Å²) in [6, 6.07) is 0.534. The number of hydrogen-bond donors (Lipinski definition) is 1. The molecule has 0 bridgehead atoms. The van der Waals surface area contributed by atoms with Gasteiger partial charge in [0, 0.05) is 25.0 Å². The van der Waals surface area contributed by atoms with E-state index in [0.717, 1.165) is 19.6 Å². The van der Waals surface area contributed by atoms with Gasteiger partial charge in [-0.05, 0) is 13.0 Å². The lowest BCUT2D eigenvalue weighted by molar-refractivity contribution is -0.123. The average Bonchev–Trinajstić information content (AvgIpc) is 2.30. The van der Waals surface area contributed by atoms with Crippen molar-refractivity contribution in [2.75, 3.05) is 33.0 Å². The van der Waals surface area contributed by atoms with Crippen LogP contribution in [0.2, 0.25) is 0 Å². The molecule has 1 N–H and O–H groups in total. The molecule has 0 saturated carbocycles. The molecule has 18 heavy (non-hydrogen) atoms. The number of Topliss-reactive ketones (excluding diaryl/α,β-unsaturated/α-hetero) is 1. The van der Waals surface area contributed by atoms with Gasteiger partial charge < -0.3 is 14.8 Å². The molecule has 0 radical (unpaired) electrons. The summed E-state index contributed by atoms with van der Waals surface area (Å²) in [5, 5.41) is 3.33. The first-order chi connectivity index (χ1) is 8.54. The van der Waals surface area contributed by atoms with Crippen LogP contribution in [0, 0.1) is 5.92 Å². The lowest BCUT2D eigenvalue weighted by Gasteiger charge is -2.08. The Morgan fingerprint density at radius 2 is 1.61 bits per heavy atom. The topological polar surface area (TPSA) is 47.6 Å². The number of nitrogens with one attached hydrogen (secondary N) is 1. The van der Waals surface area contributed by atoms with Gasteiger partial charge in [-0.3, -0.25) is 4.79 Å². The Labute approximate surface area is 111 Å². The van der Waals surface area contributed by atoms with Crippen LogP contribution in [-0.2, 0) is 14.3 Å². The van der Waals surface area contributed by atoms with E-state index in [9.17, 15) is 4.79 Å². The zero-order valence-corrected chi connectivity index (χ0v) is 12.3. The molecule has 0 saturated heterocycles. The molecule has 0 aromatic carbocycles. The Hall–Kier alpha value is -0.450. The van der Waals surface area contributed by atoms with Crippen LogP contribution in [0.15, 0.2) is 0 Å². The van der Waals surface area contributed by atoms with Crippen molar-refractivity contribution in [3.8, 4) is 0 Å². The fourth-order valence-corrected chi connectivity index (χ4v) is 1.35. The molecule has 0 aliphatic rings. The Kier molecular flexibility index (Phi) is 11.3. The van der Waals surface area contributed by atoms with Gasteiger partial charge in [0.05, 0.1) is 19.8 Å². The smallest absolute Gasteiger partial charge is 0.137 e. The average molecular weight is 259 g/mol. The van der Waals surface area contributed by atoms with Crippen LogP contribution in [0.5, 0.6) is 0 Å². The molecule has 0 heterocycles. The molecule has 108 valence electrons. The molecule has 0 fully saturated rings. The fraction of sp³-hybridized carbons (Fsp3) is 0.929. The van der Waals surface area contributed by atoms with E-state index < -0.39 is 0 Å². The highest BCUT2D eigenvalue weighted by Crippen LogP contribution is 1.98. The first kappa shape index (κ1) is 17.6. The van der Waals surface area contributed by atoms with Gasteiger partial charge in [0.15, 0.2) is 0 Å². The van der Waals surface area contributed by atoms with Crippen LogP contribution in [-0.4, -0.2) is 44.8 Å². The van der Waals surface area contributed by atoms with Gasteiger partial charge in [-0.25, -0.2) is 0 Å². The van der Waals surface area contributed by atoms with E-state index in [1.807, 2.05) is 13.8 Å². The fourth-order valence-electron chi connectivity index (χ4n) is 1.35. The van der Waals surface area contributed by atoms with Crippen molar-refractivity contribution in [1.29, 1.82) is 0 Å². The van der Waals surface area contributed by atoms with Gasteiger partial charge in [-0.2, -0.15) is 0 Å². The first-order valence-corrected chi connectivity index (χ1v) is 6.95. The van der Waals surface area contributed by atoms with Crippen molar-refractivity contribution >= 4 is 5.78 Å². The Morgan fingerprint density at radius 1 is 1.00 bits per heavy atom. The van der Waals surface area contributed by atoms with Crippen molar-refractivity contribution in [2.24, 2.45) is 5.92 Å². The second-order valence-corrected chi connectivity index (χ2v) is 5.06. The lowest BCUT2D eigenvalue weighted by Crippen LogP contribution is -2.24. The number of ketones is 1. The van der Waals surface area contributed by atoms with Crippen LogP contribution < -0.4 is 5.32 Å². The highest BCUT2D eigenvalue weighted by molar-refractivity contribution is 5.80. The van der Waals surface area contributed by atoms with Gasteiger partial charge in [0.1, 0.15) is 5.78 Å². The molecular weight excluding hydrogens is 230 g/mol. The minimum absolute atomic E-state index is 0.110. The molecule has 4 heteroatoms. The normalized spacial score (nSPS) is 11.4. The van der Waals surface area contributed by atoms with E-state index in [-0.39, 0.29) is 11.7 Å². The molecule has 0 aliphatic carbocycles. The van der Waals surface area contributed by atoms with E-state index in [0.29, 0.717) is 32.3 Å². The van der Waals surface area contributed by atoms with Crippen molar-refractivity contribution in [2.45, 2.75) is 46.6 Å². The number of hydrogen-bond acceptors (Lipinski definition) is 4. The second kappa shape index (κ2) is 11.6. The van der Waals surface area contributed by atoms with Crippen molar-refractivity contribution in [3.63, 3.8) is 0 Å². The highest BCUT2D eigenvalue weighted by atomic mass is 16.5. The van der Waals surface area contributed by atoms with Crippen LogP contribution in [0.1, 0.15) is 40.5 Å². The largest absolute Gasteiger partial charge is 0.379 e. The van der Waals surface area contributed by atoms with E-state index in [1.54, 1.807) is 0 Å². The zero-order chi connectivity index (χ0) is 13.8. The maximum atomic E-state index is 11.3. The molecule has 0 unspecified atom stereocenters. The van der Waals surface area contributed by atoms with E-state index in [2.05, 4.69) is 19.2 Å². The number of carbonyl (C=O) groups is 1. The first-order valence-electron chi connectivity index (χ1n) is 6.95. The van der Waals surface area contributed by atoms with Crippen LogP contribution in [0.4, 0.5) is 0 Å². The summed E-state index contributed by atoms with van der Waals surface area (Å²) in [5.41, 5.74) is 0. The Balaban J connectivity index is 3.10. The van der Waals surface area contributed by atoms with Crippen molar-refractivity contribution < 1.29 is 14.3 Å². The predicted octanol–water partition coefficient (Wildman–Crippen LogP) is 2.02. The third-order valence-electron chi connectivity index (χ3n) is 2.53. The SMILES string of the molecule is CC(C)NCCCOCCOCCC(=O)C(C)C. The third-order valence-corrected chi connectivity index (χ3v) is 2.53. The van der Waals surface area contributed by atoms with Gasteiger partial charge >= 0.3 is 0 Å². The molecule has 0 aromatic rings. The third kappa shape index (κ3) is 12.0. The zero-order valence-electron chi connectivity index (χ0n) is 12.3. The standard InChI is InChI=1S/C14H29NO3/c1-12(2)14(16)6-9-18-11-10-17-8-5-7-15-13(3)4/h12-13,15H,5-11H2,1-4H3. The molecule has 0 aliphatic heterocycles. The molecule has 0 atom stereocenters. The summed E-state index contributed by atoms with van der Waals surface area (Å²) in [6.45, 7) is 11.5. The van der Waals surface area contributed by atoms with E-state index in [1.165, 1.54) is 0 Å². The summed E-state index contributed by atoms with van der Waals surface area (Å²) >= 11 is 0. The molecular formula is C14H29NO3. The van der Waals surface area contributed by atoms with Crippen LogP contribution >= 0.6 is 0 Å². The molecule has 0 amide bonds. The summed E-state index contributed by atoms with van der Waals surface area (Å²) in [6.07, 6.45) is 1.53. The molecule has 0 rings (SSSR count). The molecule has 0 aromatic heterocycles. The van der Waals surface area contributed by atoms with Gasteiger partial charge in [0.2, 0.25) is 0 Å². The predicted molar refractivity (Wildman–Crippen MR) is 73.9 cm³/mol. The Morgan fingerprint density at radius 3 is 2.17 bits per heavy atom. The summed E-state index contributed by atoms with van der Waals surface area (Å²) in [5.74, 6) is 0.369. The lowest BCUT2D eigenvalue weighted by atomic mass is 10.1. The number of carbonyl (C=O) groups excluding carboxylic acids is 1. The van der Waals surface area contributed by atoms with E-state index >= 15 is 0 Å². The maximum absolute atomic E-state index is 11.3. The quantitative estimate of drug-likeness (QED) is 0.545. The minimum atomic E-state index is 0.110. The number of rotatable bonds is 12. The molecule has 4 nitrogen and oxygen atoms in total. The summed E-state index contributed by atoms with van der Waals surface area (Å²) < 4.78 is 10.8. The highest BCUT2D eigenvalue weighted by Gasteiger charge is 2.05. The van der Waals surface area contributed by atoms with Gasteiger partial charge in [-0.15, -0.1) is 0 Å². The van der Waals surface area contributed by atoms with Gasteiger partial charge in [-0.1, -0.05) is 27.7 Å². The van der Waals surface area contributed by atoms with Crippen LogP contribution in [0.3, 0.4) is 0 Å². The summed E-state index contributed by atoms with van der Waals surface area (Å²) in [4.78, 5) is 11.3. The van der Waals surface area contributed by atoms with Crippen LogP contribution in [0.25, 0.3) is 0 Å². The van der Waals surface area contributed by atoms with Crippen molar-refractivity contribution in [1.82, 2.24) is 5.32 Å². The maximum Gasteiger partial charge on any atom is 0.137 e. The number of ether oxygens (including phenoxy) is 2. The monoisotopic (exact) mass is 259 g/mol. The molecule has 0 spiro atoms. The minimum Gasteiger partial charge on any atom is -0.379 e. The van der Waals surface area contributed by atoms with E-state index in [4.69, 9.17) is 9.47 Å². The van der Waals surface area contributed by atoms with Gasteiger partial charge in [0.25, 0.3) is 0 Å².